The minimum atomic E-state index is -0.293. The Balaban J connectivity index is 1.60. The summed E-state index contributed by atoms with van der Waals surface area (Å²) >= 11 is 6.23. The van der Waals surface area contributed by atoms with Crippen molar-refractivity contribution in [3.8, 4) is 11.8 Å². The van der Waals surface area contributed by atoms with E-state index in [1.54, 1.807) is 17.0 Å². The number of carbonyl (C=O) groups excluding carboxylic acids is 2. The molecule has 2 N–H and O–H groups in total. The van der Waals surface area contributed by atoms with Crippen LogP contribution in [0.1, 0.15) is 51.3 Å². The fraction of sp³-hybridized carbons (Fsp3) is 0.308. The maximum Gasteiger partial charge on any atom is 0.254 e. The quantitative estimate of drug-likeness (QED) is 0.603. The zero-order valence-electron chi connectivity index (χ0n) is 19.2. The van der Waals surface area contributed by atoms with Crippen LogP contribution in [-0.2, 0) is 11.2 Å². The molecule has 1 fully saturated rings. The number of likely N-dealkylation sites (tertiary alicyclic amines) is 1. The van der Waals surface area contributed by atoms with Crippen molar-refractivity contribution in [2.24, 2.45) is 11.7 Å². The number of hydrogen-bond acceptors (Lipinski definition) is 4. The van der Waals surface area contributed by atoms with Crippen LogP contribution >= 0.6 is 11.6 Å². The molecule has 2 amide bonds. The van der Waals surface area contributed by atoms with E-state index in [0.29, 0.717) is 48.5 Å². The Hall–Kier alpha value is -3.63. The molecule has 1 aliphatic rings. The van der Waals surface area contributed by atoms with Crippen molar-refractivity contribution in [2.75, 3.05) is 13.1 Å². The van der Waals surface area contributed by atoms with Crippen LogP contribution < -0.4 is 5.73 Å². The Labute approximate surface area is 203 Å². The van der Waals surface area contributed by atoms with Crippen molar-refractivity contribution < 1.29 is 9.59 Å². The molecule has 7 nitrogen and oxygen atoms in total. The highest BCUT2D eigenvalue weighted by atomic mass is 35.5. The topological polar surface area (TPSA) is 105 Å². The molecule has 3 aromatic rings. The lowest BCUT2D eigenvalue weighted by molar-refractivity contribution is -0.123. The highest BCUT2D eigenvalue weighted by Gasteiger charge is 2.27. The monoisotopic (exact) mass is 475 g/mol. The number of nitrogens with two attached hydrogens (primary N) is 1. The van der Waals surface area contributed by atoms with Crippen molar-refractivity contribution in [1.29, 1.82) is 5.26 Å². The Morgan fingerprint density at radius 3 is 2.53 bits per heavy atom. The van der Waals surface area contributed by atoms with Crippen LogP contribution in [-0.4, -0.2) is 39.6 Å². The molecule has 174 valence electrons. The summed E-state index contributed by atoms with van der Waals surface area (Å²) in [6, 6.07) is 14.9. The first-order chi connectivity index (χ1) is 16.3. The maximum atomic E-state index is 13.3. The number of hydrogen-bond donors (Lipinski definition) is 1. The van der Waals surface area contributed by atoms with Gasteiger partial charge in [0.15, 0.2) is 0 Å². The molecular weight excluding hydrogens is 450 g/mol. The average molecular weight is 476 g/mol. The number of aryl methyl sites for hydroxylation is 1. The van der Waals surface area contributed by atoms with Crippen LogP contribution in [0.4, 0.5) is 0 Å². The first kappa shape index (κ1) is 23.5. The predicted molar refractivity (Wildman–Crippen MR) is 130 cm³/mol. The molecule has 1 saturated heterocycles. The molecule has 0 atom stereocenters. The van der Waals surface area contributed by atoms with Gasteiger partial charge >= 0.3 is 0 Å². The van der Waals surface area contributed by atoms with Crippen molar-refractivity contribution in [3.05, 3.63) is 81.1 Å². The first-order valence-corrected chi connectivity index (χ1v) is 11.6. The number of carbonyl (C=O) groups is 2. The van der Waals surface area contributed by atoms with Gasteiger partial charge < -0.3 is 10.6 Å². The van der Waals surface area contributed by atoms with E-state index >= 15 is 0 Å². The van der Waals surface area contributed by atoms with Gasteiger partial charge in [-0.15, -0.1) is 0 Å². The summed E-state index contributed by atoms with van der Waals surface area (Å²) in [6.45, 7) is 4.98. The van der Waals surface area contributed by atoms with Crippen LogP contribution in [0.25, 0.3) is 5.69 Å². The summed E-state index contributed by atoms with van der Waals surface area (Å²) in [5.74, 6) is -0.481. The van der Waals surface area contributed by atoms with E-state index in [1.807, 2.05) is 48.9 Å². The van der Waals surface area contributed by atoms with Gasteiger partial charge in [-0.05, 0) is 56.5 Å². The van der Waals surface area contributed by atoms with E-state index in [9.17, 15) is 9.59 Å². The van der Waals surface area contributed by atoms with Crippen LogP contribution in [0.2, 0.25) is 5.02 Å². The second-order valence-electron chi connectivity index (χ2n) is 8.64. The van der Waals surface area contributed by atoms with E-state index in [0.717, 1.165) is 28.2 Å². The third kappa shape index (κ3) is 4.55. The highest BCUT2D eigenvalue weighted by Crippen LogP contribution is 2.26. The smallest absolute Gasteiger partial charge is 0.254 e. The molecule has 1 aromatic heterocycles. The fourth-order valence-corrected chi connectivity index (χ4v) is 4.74. The van der Waals surface area contributed by atoms with E-state index in [-0.39, 0.29) is 17.7 Å². The number of nitrogens with zero attached hydrogens (tertiary/aromatic N) is 4. The number of benzene rings is 2. The number of amides is 2. The van der Waals surface area contributed by atoms with Gasteiger partial charge in [0.25, 0.3) is 5.91 Å². The SMILES string of the molecule is Cc1nn(-c2ccc(C#N)c(Cl)c2)c(C)c1Cc1ccccc1C(=O)N1CCC(C(N)=O)CC1. The molecule has 2 heterocycles. The van der Waals surface area contributed by atoms with Crippen molar-refractivity contribution in [2.45, 2.75) is 33.1 Å². The van der Waals surface area contributed by atoms with E-state index in [1.165, 1.54) is 0 Å². The lowest BCUT2D eigenvalue weighted by atomic mass is 9.94. The highest BCUT2D eigenvalue weighted by molar-refractivity contribution is 6.31. The van der Waals surface area contributed by atoms with Gasteiger partial charge in [-0.3, -0.25) is 9.59 Å². The largest absolute Gasteiger partial charge is 0.369 e. The molecule has 34 heavy (non-hydrogen) atoms. The van der Waals surface area contributed by atoms with Crippen LogP contribution in [0.5, 0.6) is 0 Å². The number of halogens is 1. The van der Waals surface area contributed by atoms with E-state index in [4.69, 9.17) is 27.7 Å². The minimum Gasteiger partial charge on any atom is -0.369 e. The second kappa shape index (κ2) is 9.70. The summed E-state index contributed by atoms with van der Waals surface area (Å²) in [5.41, 5.74) is 11.1. The normalized spacial score (nSPS) is 14.1. The summed E-state index contributed by atoms with van der Waals surface area (Å²) in [6.07, 6.45) is 1.75. The van der Waals surface area contributed by atoms with Crippen LogP contribution in [0.15, 0.2) is 42.5 Å². The van der Waals surface area contributed by atoms with Gasteiger partial charge in [0.1, 0.15) is 6.07 Å². The standard InChI is InChI=1S/C26H26ClN5O2/c1-16-23(17(2)32(30-16)21-8-7-20(15-28)24(27)14-21)13-19-5-3-4-6-22(19)26(34)31-11-9-18(10-12-31)25(29)33/h3-8,14,18H,9-13H2,1-2H3,(H2,29,33). The van der Waals surface area contributed by atoms with Crippen molar-refractivity contribution in [3.63, 3.8) is 0 Å². The van der Waals surface area contributed by atoms with Gasteiger partial charge in [-0.25, -0.2) is 4.68 Å². The second-order valence-corrected chi connectivity index (χ2v) is 9.05. The fourth-order valence-electron chi connectivity index (χ4n) is 4.52. The molecule has 8 heteroatoms. The molecule has 4 rings (SSSR count). The zero-order chi connectivity index (χ0) is 24.4. The number of nitriles is 1. The molecule has 1 aliphatic heterocycles. The summed E-state index contributed by atoms with van der Waals surface area (Å²) in [4.78, 5) is 26.6. The molecule has 0 saturated carbocycles. The zero-order valence-corrected chi connectivity index (χ0v) is 20.0. The Morgan fingerprint density at radius 2 is 1.88 bits per heavy atom. The Bertz CT molecular complexity index is 1300. The molecule has 0 aliphatic carbocycles. The molecule has 0 bridgehead atoms. The van der Waals surface area contributed by atoms with E-state index < -0.39 is 0 Å². The molecule has 2 aromatic carbocycles. The van der Waals surface area contributed by atoms with Crippen LogP contribution in [0, 0.1) is 31.1 Å². The van der Waals surface area contributed by atoms with Gasteiger partial charge in [0, 0.05) is 42.2 Å². The summed E-state index contributed by atoms with van der Waals surface area (Å²) in [5, 5.41) is 14.2. The molecule has 0 unspecified atom stereocenters. The lowest BCUT2D eigenvalue weighted by Gasteiger charge is -2.31. The Kier molecular flexibility index (Phi) is 6.71. The number of rotatable bonds is 5. The molecular formula is C26H26ClN5O2. The van der Waals surface area contributed by atoms with Gasteiger partial charge in [0.2, 0.25) is 5.91 Å². The number of piperidine rings is 1. The lowest BCUT2D eigenvalue weighted by Crippen LogP contribution is -2.42. The predicted octanol–water partition coefficient (Wildman–Crippen LogP) is 3.94. The first-order valence-electron chi connectivity index (χ1n) is 11.2. The van der Waals surface area contributed by atoms with Gasteiger partial charge in [-0.2, -0.15) is 10.4 Å². The third-order valence-electron chi connectivity index (χ3n) is 6.56. The van der Waals surface area contributed by atoms with Gasteiger partial charge in [0.05, 0.1) is 22.0 Å². The van der Waals surface area contributed by atoms with Gasteiger partial charge in [-0.1, -0.05) is 29.8 Å². The van der Waals surface area contributed by atoms with Crippen LogP contribution in [0.3, 0.4) is 0 Å². The summed E-state index contributed by atoms with van der Waals surface area (Å²) in [7, 11) is 0. The van der Waals surface area contributed by atoms with Crippen molar-refractivity contribution >= 4 is 23.4 Å². The van der Waals surface area contributed by atoms with E-state index in [2.05, 4.69) is 6.07 Å². The summed E-state index contributed by atoms with van der Waals surface area (Å²) < 4.78 is 1.82. The Morgan fingerprint density at radius 1 is 1.18 bits per heavy atom. The minimum absolute atomic E-state index is 0.0277. The number of aromatic nitrogens is 2. The van der Waals surface area contributed by atoms with Crippen molar-refractivity contribution in [1.82, 2.24) is 14.7 Å². The third-order valence-corrected chi connectivity index (χ3v) is 6.87. The molecule has 0 spiro atoms. The molecule has 0 radical (unpaired) electrons. The number of primary amides is 1. The average Bonchev–Trinajstić information content (AvgIpc) is 3.12. The maximum absolute atomic E-state index is 13.3.